The zero-order valence-corrected chi connectivity index (χ0v) is 18.2. The average molecular weight is 454 g/mol. The second-order valence-electron chi connectivity index (χ2n) is 8.55. The maximum absolute atomic E-state index is 10.6. The quantitative estimate of drug-likeness (QED) is 0.724. The number of carboxylic acids is 1. The highest BCUT2D eigenvalue weighted by Gasteiger charge is 2.38. The van der Waals surface area contributed by atoms with E-state index in [1.165, 1.54) is 37.8 Å². The van der Waals surface area contributed by atoms with Gasteiger partial charge in [-0.05, 0) is 62.7 Å². The lowest BCUT2D eigenvalue weighted by molar-refractivity contribution is -0.192. The number of carboxylic acid groups (broad SMARTS) is 1. The monoisotopic (exact) mass is 453 g/mol. The number of benzene rings is 1. The van der Waals surface area contributed by atoms with Gasteiger partial charge in [0.1, 0.15) is 0 Å². The molecule has 0 saturated carbocycles. The molecule has 0 bridgehead atoms. The highest BCUT2D eigenvalue weighted by molar-refractivity contribution is 5.73. The first kappa shape index (κ1) is 24.2. The maximum Gasteiger partial charge on any atom is 0.490 e. The van der Waals surface area contributed by atoms with E-state index in [1.54, 1.807) is 11.1 Å². The van der Waals surface area contributed by atoms with E-state index < -0.39 is 12.1 Å². The van der Waals surface area contributed by atoms with Crippen LogP contribution in [0, 0.1) is 5.92 Å². The van der Waals surface area contributed by atoms with E-state index >= 15 is 0 Å². The number of aromatic nitrogens is 3. The molecule has 2 atom stereocenters. The predicted octanol–water partition coefficient (Wildman–Crippen LogP) is 3.07. The summed E-state index contributed by atoms with van der Waals surface area (Å²) in [5.74, 6) is -2.01. The smallest absolute Gasteiger partial charge is 0.475 e. The lowest BCUT2D eigenvalue weighted by Crippen LogP contribution is -2.34. The Morgan fingerprint density at radius 3 is 2.66 bits per heavy atom. The van der Waals surface area contributed by atoms with Crippen LogP contribution in [-0.4, -0.2) is 63.8 Å². The molecule has 7 nitrogen and oxygen atoms in total. The van der Waals surface area contributed by atoms with Gasteiger partial charge in [-0.2, -0.15) is 13.2 Å². The van der Waals surface area contributed by atoms with Gasteiger partial charge in [0.15, 0.2) is 0 Å². The van der Waals surface area contributed by atoms with Crippen LogP contribution in [0.4, 0.5) is 13.2 Å². The predicted molar refractivity (Wildman–Crippen MR) is 113 cm³/mol. The number of alkyl halides is 3. The summed E-state index contributed by atoms with van der Waals surface area (Å²) in [6.07, 6.45) is 3.02. The molecule has 1 aromatic carbocycles. The molecular formula is C22H30F3N5O2. The van der Waals surface area contributed by atoms with Crippen LogP contribution >= 0.6 is 0 Å². The van der Waals surface area contributed by atoms with E-state index in [1.807, 2.05) is 6.20 Å². The van der Waals surface area contributed by atoms with Crippen molar-refractivity contribution in [3.8, 4) is 0 Å². The summed E-state index contributed by atoms with van der Waals surface area (Å²) < 4.78 is 33.9. The molecule has 2 aliphatic rings. The lowest BCUT2D eigenvalue weighted by Gasteiger charge is -2.29. The molecule has 1 aromatic heterocycles. The van der Waals surface area contributed by atoms with Gasteiger partial charge in [0.05, 0.1) is 17.9 Å². The first-order valence-corrected chi connectivity index (χ1v) is 10.9. The van der Waals surface area contributed by atoms with Gasteiger partial charge in [-0.3, -0.25) is 0 Å². The highest BCUT2D eigenvalue weighted by Crippen LogP contribution is 2.26. The fraction of sp³-hybridized carbons (Fsp3) is 0.591. The van der Waals surface area contributed by atoms with E-state index in [0.717, 1.165) is 32.1 Å². The summed E-state index contributed by atoms with van der Waals surface area (Å²) >= 11 is 0. The number of aryl methyl sites for hydroxylation is 1. The molecule has 176 valence electrons. The molecule has 32 heavy (non-hydrogen) atoms. The summed E-state index contributed by atoms with van der Waals surface area (Å²) in [6.45, 7) is 4.22. The summed E-state index contributed by atoms with van der Waals surface area (Å²) in [7, 11) is 2.23. The van der Waals surface area contributed by atoms with Crippen molar-refractivity contribution in [1.82, 2.24) is 25.2 Å². The third-order valence-corrected chi connectivity index (χ3v) is 5.96. The van der Waals surface area contributed by atoms with Gasteiger partial charge in [0.25, 0.3) is 0 Å². The van der Waals surface area contributed by atoms with Crippen molar-refractivity contribution in [3.63, 3.8) is 0 Å². The first-order chi connectivity index (χ1) is 15.2. The number of fused-ring (bicyclic) bond motifs is 1. The third-order valence-electron chi connectivity index (χ3n) is 5.96. The molecule has 4 rings (SSSR count). The topological polar surface area (TPSA) is 83.3 Å². The van der Waals surface area contributed by atoms with Crippen LogP contribution < -0.4 is 5.32 Å². The van der Waals surface area contributed by atoms with Gasteiger partial charge < -0.3 is 15.3 Å². The fourth-order valence-electron chi connectivity index (χ4n) is 4.44. The molecule has 1 aliphatic heterocycles. The fourth-order valence-corrected chi connectivity index (χ4v) is 4.44. The van der Waals surface area contributed by atoms with Crippen molar-refractivity contribution in [2.45, 2.75) is 50.9 Å². The van der Waals surface area contributed by atoms with Crippen LogP contribution in [0.25, 0.3) is 0 Å². The molecule has 2 heterocycles. The Kier molecular flexibility index (Phi) is 8.25. The minimum absolute atomic E-state index is 0.459. The summed E-state index contributed by atoms with van der Waals surface area (Å²) in [6, 6.07) is 9.39. The maximum atomic E-state index is 10.6. The summed E-state index contributed by atoms with van der Waals surface area (Å²) in [5.41, 5.74) is 4.34. The molecule has 10 heteroatoms. The number of hydrogen-bond acceptors (Lipinski definition) is 5. The SMILES string of the molecule is CN(Cc1cnnn1C1CCCNC1)CC1CCc2ccccc2C1.O=C(O)C(F)(F)F. The standard InChI is InChI=1S/C20H29N5.C2HF3O2/c1-24(14-16-8-9-17-5-2-3-6-18(17)11-16)15-20-13-22-23-25(20)19-7-4-10-21-12-19;3-2(4,5)1(6)7/h2-3,5-6,13,16,19,21H,4,7-12,14-15H2,1H3;(H,6,7). The Bertz CT molecular complexity index is 880. The zero-order chi connectivity index (χ0) is 23.1. The molecule has 1 fully saturated rings. The summed E-state index contributed by atoms with van der Waals surface area (Å²) in [5, 5.41) is 19.2. The number of halogens is 3. The number of nitrogens with zero attached hydrogens (tertiary/aromatic N) is 4. The molecular weight excluding hydrogens is 423 g/mol. The van der Waals surface area contributed by atoms with Crippen molar-refractivity contribution in [3.05, 3.63) is 47.3 Å². The van der Waals surface area contributed by atoms with Crippen LogP contribution in [0.15, 0.2) is 30.5 Å². The Morgan fingerprint density at radius 2 is 2.00 bits per heavy atom. The van der Waals surface area contributed by atoms with Crippen molar-refractivity contribution in [2.75, 3.05) is 26.7 Å². The molecule has 0 radical (unpaired) electrons. The Morgan fingerprint density at radius 1 is 1.28 bits per heavy atom. The van der Waals surface area contributed by atoms with E-state index in [4.69, 9.17) is 9.90 Å². The number of carbonyl (C=O) groups is 1. The minimum atomic E-state index is -5.08. The number of aliphatic carboxylic acids is 1. The minimum Gasteiger partial charge on any atom is -0.475 e. The van der Waals surface area contributed by atoms with Crippen molar-refractivity contribution in [1.29, 1.82) is 0 Å². The summed E-state index contributed by atoms with van der Waals surface area (Å²) in [4.78, 5) is 11.3. The Hall–Kier alpha value is -2.46. The molecule has 1 aliphatic carbocycles. The van der Waals surface area contributed by atoms with E-state index in [9.17, 15) is 13.2 Å². The van der Waals surface area contributed by atoms with Crippen molar-refractivity contribution >= 4 is 5.97 Å². The largest absolute Gasteiger partial charge is 0.490 e. The van der Waals surface area contributed by atoms with Crippen molar-refractivity contribution < 1.29 is 23.1 Å². The normalized spacial score (nSPS) is 20.9. The van der Waals surface area contributed by atoms with E-state index in [0.29, 0.717) is 6.04 Å². The van der Waals surface area contributed by atoms with Gasteiger partial charge in [-0.15, -0.1) is 5.10 Å². The van der Waals surface area contributed by atoms with Gasteiger partial charge >= 0.3 is 12.1 Å². The van der Waals surface area contributed by atoms with Crippen LogP contribution in [0.3, 0.4) is 0 Å². The van der Waals surface area contributed by atoms with Crippen LogP contribution in [0.1, 0.15) is 42.1 Å². The second-order valence-corrected chi connectivity index (χ2v) is 8.55. The van der Waals surface area contributed by atoms with E-state index in [2.05, 4.69) is 56.5 Å². The zero-order valence-electron chi connectivity index (χ0n) is 18.2. The molecule has 2 N–H and O–H groups in total. The second kappa shape index (κ2) is 10.9. The number of nitrogens with one attached hydrogen (secondary N) is 1. The molecule has 1 saturated heterocycles. The average Bonchev–Trinajstić information content (AvgIpc) is 3.22. The van der Waals surface area contributed by atoms with Gasteiger partial charge in [0, 0.05) is 19.6 Å². The van der Waals surface area contributed by atoms with Gasteiger partial charge in [0.2, 0.25) is 0 Å². The van der Waals surface area contributed by atoms with Crippen molar-refractivity contribution in [2.24, 2.45) is 5.92 Å². The third kappa shape index (κ3) is 6.77. The van der Waals surface area contributed by atoms with Gasteiger partial charge in [-0.25, -0.2) is 9.48 Å². The first-order valence-electron chi connectivity index (χ1n) is 10.9. The number of hydrogen-bond donors (Lipinski definition) is 2. The number of piperidine rings is 1. The van der Waals surface area contributed by atoms with Crippen LogP contribution in [0.2, 0.25) is 0 Å². The molecule has 2 aromatic rings. The molecule has 0 spiro atoms. The van der Waals surface area contributed by atoms with Crippen LogP contribution in [-0.2, 0) is 24.2 Å². The molecule has 2 unspecified atom stereocenters. The van der Waals surface area contributed by atoms with E-state index in [-0.39, 0.29) is 0 Å². The molecule has 0 amide bonds. The number of rotatable bonds is 5. The lowest BCUT2D eigenvalue weighted by atomic mass is 9.84. The van der Waals surface area contributed by atoms with Gasteiger partial charge in [-0.1, -0.05) is 29.5 Å². The Labute approximate surface area is 185 Å². The Balaban J connectivity index is 0.000000360. The van der Waals surface area contributed by atoms with Crippen LogP contribution in [0.5, 0.6) is 0 Å². The highest BCUT2D eigenvalue weighted by atomic mass is 19.4.